The summed E-state index contributed by atoms with van der Waals surface area (Å²) in [6.07, 6.45) is 3.49. The van der Waals surface area contributed by atoms with Gasteiger partial charge in [-0.15, -0.1) is 0 Å². The molecule has 0 atom stereocenters. The van der Waals surface area contributed by atoms with Crippen molar-refractivity contribution in [2.75, 3.05) is 18.5 Å². The molecule has 0 unspecified atom stereocenters. The Kier molecular flexibility index (Phi) is 6.95. The smallest absolute Gasteiger partial charge is 0.340 e. The fourth-order valence-corrected chi connectivity index (χ4v) is 2.20. The van der Waals surface area contributed by atoms with Crippen LogP contribution in [0.5, 0.6) is 0 Å². The van der Waals surface area contributed by atoms with Gasteiger partial charge in [-0.2, -0.15) is 0 Å². The monoisotopic (exact) mass is 341 g/mol. The van der Waals surface area contributed by atoms with E-state index in [2.05, 4.69) is 22.5 Å². The highest BCUT2D eigenvalue weighted by Crippen LogP contribution is 2.20. The van der Waals surface area contributed by atoms with E-state index in [1.807, 2.05) is 6.07 Å². The minimum absolute atomic E-state index is 0.139. The maximum Gasteiger partial charge on any atom is 0.340 e. The van der Waals surface area contributed by atoms with Crippen LogP contribution in [0.2, 0.25) is 0 Å². The van der Waals surface area contributed by atoms with Gasteiger partial charge in [-0.05, 0) is 37.6 Å². The molecule has 0 radical (unpaired) electrons. The van der Waals surface area contributed by atoms with E-state index in [0.29, 0.717) is 35.8 Å². The molecule has 132 valence electrons. The molecule has 0 aliphatic carbocycles. The number of rotatable bonds is 8. The Hall–Kier alpha value is -2.89. The Bertz CT molecular complexity index is 714. The van der Waals surface area contributed by atoms with Crippen molar-refractivity contribution in [1.29, 1.82) is 0 Å². The minimum Gasteiger partial charge on any atom is -0.462 e. The second-order valence-corrected chi connectivity index (χ2v) is 5.43. The topological polar surface area (TPSA) is 80.3 Å². The zero-order valence-electron chi connectivity index (χ0n) is 14.5. The lowest BCUT2D eigenvalue weighted by Crippen LogP contribution is -2.24. The number of hydrogen-bond donors (Lipinski definition) is 2. The lowest BCUT2D eigenvalue weighted by molar-refractivity contribution is 0.0527. The van der Waals surface area contributed by atoms with Crippen LogP contribution in [-0.2, 0) is 4.74 Å². The number of nitrogens with zero attached hydrogens (tertiary/aromatic N) is 1. The number of unbranched alkanes of at least 4 members (excludes halogenated alkanes) is 1. The maximum atomic E-state index is 12.0. The van der Waals surface area contributed by atoms with Gasteiger partial charge in [0.2, 0.25) is 0 Å². The van der Waals surface area contributed by atoms with E-state index in [1.165, 1.54) is 6.20 Å². The maximum absolute atomic E-state index is 12.0. The highest BCUT2D eigenvalue weighted by Gasteiger charge is 2.12. The summed E-state index contributed by atoms with van der Waals surface area (Å²) in [7, 11) is 0. The predicted octanol–water partition coefficient (Wildman–Crippen LogP) is 3.53. The quantitative estimate of drug-likeness (QED) is 0.567. The van der Waals surface area contributed by atoms with Crippen LogP contribution in [0.15, 0.2) is 42.6 Å². The molecule has 6 nitrogen and oxygen atoms in total. The van der Waals surface area contributed by atoms with E-state index in [1.54, 1.807) is 37.3 Å². The molecule has 0 spiro atoms. The third kappa shape index (κ3) is 5.31. The summed E-state index contributed by atoms with van der Waals surface area (Å²) in [5, 5.41) is 5.93. The van der Waals surface area contributed by atoms with Gasteiger partial charge in [0.25, 0.3) is 5.91 Å². The number of para-hydroxylation sites is 1. The van der Waals surface area contributed by atoms with E-state index in [0.717, 1.165) is 12.8 Å². The van der Waals surface area contributed by atoms with Gasteiger partial charge in [-0.1, -0.05) is 25.5 Å². The van der Waals surface area contributed by atoms with E-state index < -0.39 is 5.97 Å². The number of aromatic nitrogens is 1. The molecule has 1 heterocycles. The number of pyridine rings is 1. The van der Waals surface area contributed by atoms with Crippen LogP contribution < -0.4 is 10.6 Å². The summed E-state index contributed by atoms with van der Waals surface area (Å²) < 4.78 is 5.05. The summed E-state index contributed by atoms with van der Waals surface area (Å²) >= 11 is 0. The van der Waals surface area contributed by atoms with Gasteiger partial charge in [0.05, 0.1) is 23.4 Å². The molecule has 0 aliphatic heterocycles. The lowest BCUT2D eigenvalue weighted by atomic mass is 10.1. The number of ether oxygens (including phenoxy) is 1. The molecular formula is C19H23N3O3. The molecule has 1 aromatic heterocycles. The molecule has 0 saturated heterocycles. The average molecular weight is 341 g/mol. The van der Waals surface area contributed by atoms with Crippen LogP contribution in [-0.4, -0.2) is 30.0 Å². The number of esters is 1. The van der Waals surface area contributed by atoms with Gasteiger partial charge in [-0.25, -0.2) is 9.78 Å². The van der Waals surface area contributed by atoms with Crippen LogP contribution in [0, 0.1) is 0 Å². The van der Waals surface area contributed by atoms with E-state index in [-0.39, 0.29) is 5.91 Å². The number of carbonyl (C=O) groups is 2. The van der Waals surface area contributed by atoms with E-state index >= 15 is 0 Å². The van der Waals surface area contributed by atoms with Crippen LogP contribution in [0.4, 0.5) is 11.5 Å². The molecule has 0 saturated carbocycles. The normalized spacial score (nSPS) is 10.2. The first kappa shape index (κ1) is 18.4. The molecule has 2 rings (SSSR count). The predicted molar refractivity (Wildman–Crippen MR) is 97.2 cm³/mol. The molecular weight excluding hydrogens is 318 g/mol. The molecule has 0 bridgehead atoms. The molecule has 0 aliphatic rings. The summed E-state index contributed by atoms with van der Waals surface area (Å²) in [5.74, 6) is 0.0128. The van der Waals surface area contributed by atoms with E-state index in [9.17, 15) is 9.59 Å². The summed E-state index contributed by atoms with van der Waals surface area (Å²) in [6, 6.07) is 10.5. The summed E-state index contributed by atoms with van der Waals surface area (Å²) in [5.41, 5.74) is 1.54. The molecule has 1 aromatic carbocycles. The highest BCUT2D eigenvalue weighted by molar-refractivity contribution is 5.96. The van der Waals surface area contributed by atoms with Crippen molar-refractivity contribution >= 4 is 23.4 Å². The van der Waals surface area contributed by atoms with Crippen LogP contribution in [0.25, 0.3) is 0 Å². The third-order valence-corrected chi connectivity index (χ3v) is 3.53. The number of carbonyl (C=O) groups excluding carboxylic acids is 2. The third-order valence-electron chi connectivity index (χ3n) is 3.53. The van der Waals surface area contributed by atoms with Gasteiger partial charge < -0.3 is 15.4 Å². The van der Waals surface area contributed by atoms with E-state index in [4.69, 9.17) is 4.74 Å². The first-order valence-corrected chi connectivity index (χ1v) is 8.43. The molecule has 1 amide bonds. The molecule has 2 aromatic rings. The van der Waals surface area contributed by atoms with Gasteiger partial charge in [0.15, 0.2) is 0 Å². The van der Waals surface area contributed by atoms with Crippen molar-refractivity contribution in [3.63, 3.8) is 0 Å². The number of amides is 1. The van der Waals surface area contributed by atoms with Crippen LogP contribution in [0.1, 0.15) is 47.4 Å². The number of hydrogen-bond acceptors (Lipinski definition) is 5. The average Bonchev–Trinajstić information content (AvgIpc) is 2.63. The number of benzene rings is 1. The fraction of sp³-hybridized carbons (Fsp3) is 0.316. The standard InChI is InChI=1S/C19H23N3O3/c1-3-5-12-20-18(23)14-10-11-17(21-13-14)22-16-9-7-6-8-15(16)19(24)25-4-2/h6-11,13H,3-5,12H2,1-2H3,(H,20,23)(H,21,22). The van der Waals surface area contributed by atoms with Crippen molar-refractivity contribution in [2.45, 2.75) is 26.7 Å². The molecule has 0 fully saturated rings. The van der Waals surface area contributed by atoms with Crippen LogP contribution in [0.3, 0.4) is 0 Å². The number of anilines is 2. The first-order valence-electron chi connectivity index (χ1n) is 8.43. The summed E-state index contributed by atoms with van der Waals surface area (Å²) in [6.45, 7) is 4.80. The van der Waals surface area contributed by atoms with Gasteiger partial charge in [0.1, 0.15) is 5.82 Å². The first-order chi connectivity index (χ1) is 12.2. The lowest BCUT2D eigenvalue weighted by Gasteiger charge is -2.11. The largest absolute Gasteiger partial charge is 0.462 e. The van der Waals surface area contributed by atoms with Crippen LogP contribution >= 0.6 is 0 Å². The zero-order chi connectivity index (χ0) is 18.1. The Morgan fingerprint density at radius 3 is 2.60 bits per heavy atom. The van der Waals surface area contributed by atoms with Crippen molar-refractivity contribution in [3.05, 3.63) is 53.7 Å². The second kappa shape index (κ2) is 9.42. The van der Waals surface area contributed by atoms with Crippen molar-refractivity contribution < 1.29 is 14.3 Å². The Labute approximate surface area is 147 Å². The Balaban J connectivity index is 2.07. The molecule has 6 heteroatoms. The SMILES string of the molecule is CCCCNC(=O)c1ccc(Nc2ccccc2C(=O)OCC)nc1. The zero-order valence-corrected chi connectivity index (χ0v) is 14.5. The van der Waals surface area contributed by atoms with Crippen molar-refractivity contribution in [3.8, 4) is 0 Å². The van der Waals surface area contributed by atoms with Gasteiger partial charge in [0, 0.05) is 12.7 Å². The van der Waals surface area contributed by atoms with Crippen molar-refractivity contribution in [2.24, 2.45) is 0 Å². The van der Waals surface area contributed by atoms with Crippen molar-refractivity contribution in [1.82, 2.24) is 10.3 Å². The second-order valence-electron chi connectivity index (χ2n) is 5.43. The van der Waals surface area contributed by atoms with Gasteiger partial charge in [-0.3, -0.25) is 4.79 Å². The minimum atomic E-state index is -0.391. The highest BCUT2D eigenvalue weighted by atomic mass is 16.5. The Morgan fingerprint density at radius 1 is 1.12 bits per heavy atom. The molecule has 2 N–H and O–H groups in total. The Morgan fingerprint density at radius 2 is 1.92 bits per heavy atom. The summed E-state index contributed by atoms with van der Waals surface area (Å²) in [4.78, 5) is 28.2. The number of nitrogens with one attached hydrogen (secondary N) is 2. The van der Waals surface area contributed by atoms with Gasteiger partial charge >= 0.3 is 5.97 Å². The fourth-order valence-electron chi connectivity index (χ4n) is 2.20. The molecule has 25 heavy (non-hydrogen) atoms.